The van der Waals surface area contributed by atoms with Crippen molar-refractivity contribution in [1.29, 1.82) is 0 Å². The summed E-state index contributed by atoms with van der Waals surface area (Å²) in [6, 6.07) is 9.35. The Morgan fingerprint density at radius 3 is 3.05 bits per heavy atom. The van der Waals surface area contributed by atoms with Gasteiger partial charge in [-0.2, -0.15) is 4.98 Å². The van der Waals surface area contributed by atoms with E-state index < -0.39 is 0 Å². The summed E-state index contributed by atoms with van der Waals surface area (Å²) in [7, 11) is 0. The maximum atomic E-state index is 12.2. The summed E-state index contributed by atoms with van der Waals surface area (Å²) >= 11 is 0. The van der Waals surface area contributed by atoms with Crippen molar-refractivity contribution in [1.82, 2.24) is 15.1 Å². The Labute approximate surface area is 119 Å². The molecule has 1 atom stereocenters. The molecule has 0 radical (unpaired) electrons. The predicted molar refractivity (Wildman–Crippen MR) is 75.8 cm³/mol. The van der Waals surface area contributed by atoms with Crippen LogP contribution < -0.4 is 5.56 Å². The van der Waals surface area contributed by atoms with E-state index in [0.29, 0.717) is 23.9 Å². The first-order chi connectivity index (χ1) is 10.3. The zero-order chi connectivity index (χ0) is 14.2. The number of hydrogen-bond acceptors (Lipinski definition) is 5. The van der Waals surface area contributed by atoms with E-state index in [2.05, 4.69) is 15.1 Å². The standard InChI is InChI=1S/C15H13N3O3/c19-14-10(8-9-4-1-2-5-11(9)16-14)13-17-15(21-18-13)12-6-3-7-20-12/h1-2,4-5,8,12H,3,6-7H2,(H,16,19). The Morgan fingerprint density at radius 1 is 1.29 bits per heavy atom. The number of nitrogens with zero attached hydrogens (tertiary/aromatic N) is 2. The van der Waals surface area contributed by atoms with Crippen molar-refractivity contribution in [2.24, 2.45) is 0 Å². The van der Waals surface area contributed by atoms with Crippen LogP contribution in [0.4, 0.5) is 0 Å². The highest BCUT2D eigenvalue weighted by Crippen LogP contribution is 2.28. The normalized spacial score (nSPS) is 18.4. The Hall–Kier alpha value is -2.47. The van der Waals surface area contributed by atoms with Gasteiger partial charge in [0, 0.05) is 12.1 Å². The van der Waals surface area contributed by atoms with Crippen LogP contribution in [-0.4, -0.2) is 21.7 Å². The molecule has 0 amide bonds. The van der Waals surface area contributed by atoms with Crippen molar-refractivity contribution in [2.45, 2.75) is 18.9 Å². The molecule has 0 aliphatic carbocycles. The summed E-state index contributed by atoms with van der Waals surface area (Å²) in [5.41, 5.74) is 0.962. The Kier molecular flexibility index (Phi) is 2.82. The van der Waals surface area contributed by atoms with E-state index in [-0.39, 0.29) is 11.7 Å². The van der Waals surface area contributed by atoms with Gasteiger partial charge in [-0.05, 0) is 30.4 Å². The molecule has 2 aromatic heterocycles. The van der Waals surface area contributed by atoms with E-state index in [1.54, 1.807) is 6.07 Å². The number of ether oxygens (including phenoxy) is 1. The third kappa shape index (κ3) is 2.13. The second-order valence-corrected chi connectivity index (χ2v) is 5.06. The monoisotopic (exact) mass is 283 g/mol. The van der Waals surface area contributed by atoms with Gasteiger partial charge in [0.15, 0.2) is 0 Å². The van der Waals surface area contributed by atoms with Crippen LogP contribution in [0.3, 0.4) is 0 Å². The molecule has 3 heterocycles. The fourth-order valence-electron chi connectivity index (χ4n) is 2.56. The van der Waals surface area contributed by atoms with Crippen LogP contribution in [-0.2, 0) is 4.74 Å². The zero-order valence-electron chi connectivity index (χ0n) is 11.2. The average molecular weight is 283 g/mol. The molecule has 0 spiro atoms. The van der Waals surface area contributed by atoms with Gasteiger partial charge in [-0.25, -0.2) is 0 Å². The number of aromatic amines is 1. The number of benzene rings is 1. The lowest BCUT2D eigenvalue weighted by Gasteiger charge is -2.01. The molecular formula is C15H13N3O3. The predicted octanol–water partition coefficient (Wildman–Crippen LogP) is 2.43. The fraction of sp³-hybridized carbons (Fsp3) is 0.267. The number of nitrogens with one attached hydrogen (secondary N) is 1. The summed E-state index contributed by atoms with van der Waals surface area (Å²) in [4.78, 5) is 19.3. The van der Waals surface area contributed by atoms with E-state index in [1.165, 1.54) is 0 Å². The molecule has 1 saturated heterocycles. The lowest BCUT2D eigenvalue weighted by molar-refractivity contribution is 0.0835. The van der Waals surface area contributed by atoms with Crippen LogP contribution in [0.15, 0.2) is 39.6 Å². The first-order valence-electron chi connectivity index (χ1n) is 6.89. The molecule has 1 unspecified atom stereocenters. The van der Waals surface area contributed by atoms with Gasteiger partial charge in [-0.1, -0.05) is 23.4 Å². The minimum Gasteiger partial charge on any atom is -0.368 e. The van der Waals surface area contributed by atoms with Crippen LogP contribution in [0.5, 0.6) is 0 Å². The Morgan fingerprint density at radius 2 is 2.19 bits per heavy atom. The van der Waals surface area contributed by atoms with Gasteiger partial charge in [0.2, 0.25) is 5.82 Å². The summed E-state index contributed by atoms with van der Waals surface area (Å²) in [6.45, 7) is 0.707. The largest absolute Gasteiger partial charge is 0.368 e. The van der Waals surface area contributed by atoms with Crippen LogP contribution in [0, 0.1) is 0 Å². The Balaban J connectivity index is 1.79. The summed E-state index contributed by atoms with van der Waals surface area (Å²) in [5, 5.41) is 4.84. The van der Waals surface area contributed by atoms with E-state index in [9.17, 15) is 4.79 Å². The summed E-state index contributed by atoms with van der Waals surface area (Å²) in [5.74, 6) is 0.738. The average Bonchev–Trinajstić information content (AvgIpc) is 3.17. The molecule has 0 bridgehead atoms. The molecule has 1 aliphatic rings. The SMILES string of the molecule is O=c1[nH]c2ccccc2cc1-c1noc(C2CCCO2)n1. The number of aromatic nitrogens is 3. The third-order valence-electron chi connectivity index (χ3n) is 3.64. The van der Waals surface area contributed by atoms with Crippen LogP contribution in [0.25, 0.3) is 22.3 Å². The zero-order valence-corrected chi connectivity index (χ0v) is 11.2. The fourth-order valence-corrected chi connectivity index (χ4v) is 2.56. The van der Waals surface area contributed by atoms with Gasteiger partial charge in [-0.15, -0.1) is 0 Å². The number of H-pyrrole nitrogens is 1. The van der Waals surface area contributed by atoms with E-state index in [4.69, 9.17) is 9.26 Å². The van der Waals surface area contributed by atoms with Gasteiger partial charge in [-0.3, -0.25) is 4.79 Å². The molecule has 0 saturated carbocycles. The smallest absolute Gasteiger partial charge is 0.259 e. The van der Waals surface area contributed by atoms with Gasteiger partial charge < -0.3 is 14.2 Å². The van der Waals surface area contributed by atoms with Crippen molar-refractivity contribution in [3.8, 4) is 11.4 Å². The van der Waals surface area contributed by atoms with E-state index in [0.717, 1.165) is 23.7 Å². The third-order valence-corrected chi connectivity index (χ3v) is 3.64. The second kappa shape index (κ2) is 4.82. The van der Waals surface area contributed by atoms with Gasteiger partial charge >= 0.3 is 0 Å². The van der Waals surface area contributed by atoms with Crippen molar-refractivity contribution in [3.05, 3.63) is 46.6 Å². The molecule has 21 heavy (non-hydrogen) atoms. The molecule has 106 valence electrons. The van der Waals surface area contributed by atoms with Gasteiger partial charge in [0.05, 0.1) is 5.56 Å². The molecule has 1 aromatic carbocycles. The topological polar surface area (TPSA) is 81.0 Å². The van der Waals surface area contributed by atoms with Gasteiger partial charge in [0.25, 0.3) is 11.4 Å². The van der Waals surface area contributed by atoms with Crippen molar-refractivity contribution in [3.63, 3.8) is 0 Å². The van der Waals surface area contributed by atoms with E-state index >= 15 is 0 Å². The number of fused-ring (bicyclic) bond motifs is 1. The molecule has 6 nitrogen and oxygen atoms in total. The highest BCUT2D eigenvalue weighted by Gasteiger charge is 2.24. The van der Waals surface area contributed by atoms with E-state index in [1.807, 2.05) is 24.3 Å². The lowest BCUT2D eigenvalue weighted by atomic mass is 10.1. The number of pyridine rings is 1. The maximum absolute atomic E-state index is 12.2. The Bertz CT molecular complexity index is 846. The molecule has 3 aromatic rings. The maximum Gasteiger partial charge on any atom is 0.259 e. The van der Waals surface area contributed by atoms with Crippen molar-refractivity contribution >= 4 is 10.9 Å². The van der Waals surface area contributed by atoms with Crippen molar-refractivity contribution < 1.29 is 9.26 Å². The molecule has 1 fully saturated rings. The molecule has 4 rings (SSSR count). The molecular weight excluding hydrogens is 270 g/mol. The second-order valence-electron chi connectivity index (χ2n) is 5.06. The molecule has 1 N–H and O–H groups in total. The summed E-state index contributed by atoms with van der Waals surface area (Å²) < 4.78 is 10.7. The number of para-hydroxylation sites is 1. The lowest BCUT2D eigenvalue weighted by Crippen LogP contribution is -2.09. The first-order valence-corrected chi connectivity index (χ1v) is 6.89. The first kappa shape index (κ1) is 12.3. The number of hydrogen-bond donors (Lipinski definition) is 1. The molecule has 6 heteroatoms. The minimum absolute atomic E-state index is 0.147. The van der Waals surface area contributed by atoms with Gasteiger partial charge in [0.1, 0.15) is 6.10 Å². The summed E-state index contributed by atoms with van der Waals surface area (Å²) in [6.07, 6.45) is 1.71. The number of rotatable bonds is 2. The highest BCUT2D eigenvalue weighted by atomic mass is 16.5. The van der Waals surface area contributed by atoms with Crippen molar-refractivity contribution in [2.75, 3.05) is 6.61 Å². The molecule has 1 aliphatic heterocycles. The highest BCUT2D eigenvalue weighted by molar-refractivity contribution is 5.82. The van der Waals surface area contributed by atoms with Crippen LogP contribution >= 0.6 is 0 Å². The van der Waals surface area contributed by atoms with Crippen LogP contribution in [0.1, 0.15) is 24.8 Å². The van der Waals surface area contributed by atoms with Crippen LogP contribution in [0.2, 0.25) is 0 Å². The quantitative estimate of drug-likeness (QED) is 0.781. The minimum atomic E-state index is -0.228.